The summed E-state index contributed by atoms with van der Waals surface area (Å²) < 4.78 is 0. The first-order valence-corrected chi connectivity index (χ1v) is 9.00. The van der Waals surface area contributed by atoms with Crippen molar-refractivity contribution in [2.45, 2.75) is 58.0 Å². The Bertz CT molecular complexity index is 493. The van der Waals surface area contributed by atoms with Crippen LogP contribution in [0.1, 0.15) is 51.9 Å². The van der Waals surface area contributed by atoms with Crippen molar-refractivity contribution in [3.05, 3.63) is 72.9 Å². The Morgan fingerprint density at radius 1 is 0.840 bits per heavy atom. The Balaban J connectivity index is 3.71. The van der Waals surface area contributed by atoms with Crippen LogP contribution in [0.3, 0.4) is 0 Å². The third kappa shape index (κ3) is 19.8. The van der Waals surface area contributed by atoms with Crippen molar-refractivity contribution in [1.29, 1.82) is 0 Å². The first-order valence-electron chi connectivity index (χ1n) is 9.00. The molecule has 0 spiro atoms. The monoisotopic (exact) mass is 344 g/mol. The number of aliphatic hydroxyl groups excluding tert-OH is 1. The van der Waals surface area contributed by atoms with Crippen LogP contribution in [0.2, 0.25) is 0 Å². The molecule has 1 atom stereocenters. The maximum absolute atomic E-state index is 10.3. The Hall–Kier alpha value is -2.13. The number of aliphatic hydroxyl groups is 1. The lowest BCUT2D eigenvalue weighted by Crippen LogP contribution is -1.99. The van der Waals surface area contributed by atoms with E-state index in [9.17, 15) is 9.90 Å². The molecule has 0 radical (unpaired) electrons. The number of rotatable bonds is 14. The fourth-order valence-electron chi connectivity index (χ4n) is 1.87. The molecule has 2 N–H and O–H groups in total. The van der Waals surface area contributed by atoms with Crippen LogP contribution in [-0.2, 0) is 4.79 Å². The van der Waals surface area contributed by atoms with Gasteiger partial charge in [0.15, 0.2) is 0 Å². The van der Waals surface area contributed by atoms with E-state index in [4.69, 9.17) is 5.11 Å². The van der Waals surface area contributed by atoms with Crippen LogP contribution in [0.15, 0.2) is 72.9 Å². The van der Waals surface area contributed by atoms with E-state index in [1.54, 1.807) is 12.2 Å². The highest BCUT2D eigenvalue weighted by molar-refractivity contribution is 5.66. The van der Waals surface area contributed by atoms with Gasteiger partial charge in [-0.1, -0.05) is 79.8 Å². The normalized spacial score (nSPS) is 14.3. The maximum atomic E-state index is 10.3. The second-order valence-corrected chi connectivity index (χ2v) is 5.55. The summed E-state index contributed by atoms with van der Waals surface area (Å²) in [5.74, 6) is -0.801. The van der Waals surface area contributed by atoms with E-state index >= 15 is 0 Å². The van der Waals surface area contributed by atoms with Gasteiger partial charge in [-0.25, -0.2) is 0 Å². The number of allylic oxidation sites excluding steroid dienone is 10. The molecule has 0 aliphatic rings. The van der Waals surface area contributed by atoms with Crippen LogP contribution >= 0.6 is 0 Å². The molecular formula is C22H32O3. The SMILES string of the molecule is CCC=CCC=CCC=CCC=CC=CC(O)CC=CCCC(=O)O. The minimum absolute atomic E-state index is 0.129. The predicted molar refractivity (Wildman–Crippen MR) is 106 cm³/mol. The second kappa shape index (κ2) is 18.2. The third-order valence-corrected chi connectivity index (χ3v) is 3.20. The zero-order valence-corrected chi connectivity index (χ0v) is 15.3. The molecule has 0 aromatic carbocycles. The average Bonchev–Trinajstić information content (AvgIpc) is 2.58. The average molecular weight is 344 g/mol. The Kier molecular flexibility index (Phi) is 16.7. The zero-order chi connectivity index (χ0) is 18.6. The van der Waals surface area contributed by atoms with E-state index < -0.39 is 12.1 Å². The Morgan fingerprint density at radius 3 is 2.04 bits per heavy atom. The highest BCUT2D eigenvalue weighted by Gasteiger charge is 1.95. The maximum Gasteiger partial charge on any atom is 0.303 e. The van der Waals surface area contributed by atoms with Crippen LogP contribution in [0.4, 0.5) is 0 Å². The molecule has 0 aromatic heterocycles. The van der Waals surface area contributed by atoms with E-state index in [1.807, 2.05) is 24.3 Å². The van der Waals surface area contributed by atoms with Crippen molar-refractivity contribution >= 4 is 5.97 Å². The summed E-state index contributed by atoms with van der Waals surface area (Å²) in [6, 6.07) is 0. The van der Waals surface area contributed by atoms with E-state index in [1.165, 1.54) is 0 Å². The van der Waals surface area contributed by atoms with Crippen LogP contribution < -0.4 is 0 Å². The van der Waals surface area contributed by atoms with Gasteiger partial charge in [0.05, 0.1) is 6.10 Å². The predicted octanol–water partition coefficient (Wildman–Crippen LogP) is 5.52. The molecule has 0 amide bonds. The van der Waals surface area contributed by atoms with Crippen molar-refractivity contribution < 1.29 is 15.0 Å². The molecule has 3 nitrogen and oxygen atoms in total. The molecule has 0 rings (SSSR count). The molecule has 0 aromatic rings. The smallest absolute Gasteiger partial charge is 0.303 e. The van der Waals surface area contributed by atoms with Crippen LogP contribution in [0.25, 0.3) is 0 Å². The zero-order valence-electron chi connectivity index (χ0n) is 15.3. The van der Waals surface area contributed by atoms with Gasteiger partial charge in [-0.15, -0.1) is 0 Å². The van der Waals surface area contributed by atoms with Gasteiger partial charge in [0.25, 0.3) is 0 Å². The van der Waals surface area contributed by atoms with E-state index in [2.05, 4.69) is 43.4 Å². The van der Waals surface area contributed by atoms with Crippen LogP contribution in [0.5, 0.6) is 0 Å². The lowest BCUT2D eigenvalue weighted by atomic mass is 10.2. The molecule has 0 saturated carbocycles. The number of aliphatic carboxylic acids is 1. The topological polar surface area (TPSA) is 57.5 Å². The van der Waals surface area contributed by atoms with Crippen LogP contribution in [0, 0.1) is 0 Å². The molecule has 138 valence electrons. The molecule has 1 unspecified atom stereocenters. The molecule has 0 heterocycles. The minimum Gasteiger partial charge on any atom is -0.481 e. The fourth-order valence-corrected chi connectivity index (χ4v) is 1.87. The van der Waals surface area contributed by atoms with Crippen molar-refractivity contribution in [2.24, 2.45) is 0 Å². The number of hydrogen-bond acceptors (Lipinski definition) is 2. The highest BCUT2D eigenvalue weighted by Crippen LogP contribution is 1.99. The van der Waals surface area contributed by atoms with Crippen molar-refractivity contribution in [3.63, 3.8) is 0 Å². The Labute approximate surface area is 152 Å². The van der Waals surface area contributed by atoms with Gasteiger partial charge in [0, 0.05) is 6.42 Å². The summed E-state index contributed by atoms with van der Waals surface area (Å²) in [5, 5.41) is 18.2. The first-order chi connectivity index (χ1) is 12.2. The van der Waals surface area contributed by atoms with Gasteiger partial charge in [-0.2, -0.15) is 0 Å². The van der Waals surface area contributed by atoms with Crippen molar-refractivity contribution in [2.75, 3.05) is 0 Å². The Morgan fingerprint density at radius 2 is 1.44 bits per heavy atom. The summed E-state index contributed by atoms with van der Waals surface area (Å²) in [6.45, 7) is 2.13. The summed E-state index contributed by atoms with van der Waals surface area (Å²) in [6.07, 6.45) is 28.6. The largest absolute Gasteiger partial charge is 0.481 e. The molecular weight excluding hydrogens is 312 g/mol. The van der Waals surface area contributed by atoms with Crippen LogP contribution in [-0.4, -0.2) is 22.3 Å². The molecule has 25 heavy (non-hydrogen) atoms. The van der Waals surface area contributed by atoms with E-state index in [0.717, 1.165) is 25.7 Å². The number of carboxylic acid groups (broad SMARTS) is 1. The number of carboxylic acids is 1. The van der Waals surface area contributed by atoms with Gasteiger partial charge >= 0.3 is 5.97 Å². The van der Waals surface area contributed by atoms with Gasteiger partial charge < -0.3 is 10.2 Å². The minimum atomic E-state index is -0.801. The molecule has 0 fully saturated rings. The summed E-state index contributed by atoms with van der Waals surface area (Å²) in [7, 11) is 0. The quantitative estimate of drug-likeness (QED) is 0.322. The third-order valence-electron chi connectivity index (χ3n) is 3.20. The molecule has 0 saturated heterocycles. The standard InChI is InChI=1S/C22H32O3/c1-2-3-4-5-6-7-8-9-10-11-12-13-15-18-21(23)19-16-14-17-20-22(24)25/h3-4,6-7,9-10,12-16,18,21,23H,2,5,8,11,17,19-20H2,1H3,(H,24,25). The van der Waals surface area contributed by atoms with Gasteiger partial charge in [0.1, 0.15) is 0 Å². The first kappa shape index (κ1) is 22.9. The second-order valence-electron chi connectivity index (χ2n) is 5.55. The van der Waals surface area contributed by atoms with Gasteiger partial charge in [-0.3, -0.25) is 4.79 Å². The highest BCUT2D eigenvalue weighted by atomic mass is 16.4. The lowest BCUT2D eigenvalue weighted by molar-refractivity contribution is -0.136. The molecule has 0 aliphatic carbocycles. The lowest BCUT2D eigenvalue weighted by Gasteiger charge is -1.98. The van der Waals surface area contributed by atoms with Gasteiger partial charge in [-0.05, 0) is 38.5 Å². The van der Waals surface area contributed by atoms with Crippen molar-refractivity contribution in [1.82, 2.24) is 0 Å². The van der Waals surface area contributed by atoms with Crippen molar-refractivity contribution in [3.8, 4) is 0 Å². The molecule has 3 heteroatoms. The van der Waals surface area contributed by atoms with E-state index in [0.29, 0.717) is 12.8 Å². The van der Waals surface area contributed by atoms with Gasteiger partial charge in [0.2, 0.25) is 0 Å². The summed E-state index contributed by atoms with van der Waals surface area (Å²) in [4.78, 5) is 10.3. The fraction of sp³-hybridized carbons (Fsp3) is 0.409. The molecule has 0 aliphatic heterocycles. The van der Waals surface area contributed by atoms with E-state index in [-0.39, 0.29) is 6.42 Å². The molecule has 0 bridgehead atoms. The summed E-state index contributed by atoms with van der Waals surface area (Å²) >= 11 is 0. The number of hydrogen-bond donors (Lipinski definition) is 2. The summed E-state index contributed by atoms with van der Waals surface area (Å²) in [5.41, 5.74) is 0. The number of carbonyl (C=O) groups is 1.